The van der Waals surface area contributed by atoms with Gasteiger partial charge in [-0.2, -0.15) is 5.10 Å². The molecule has 3 fully saturated rings. The number of methoxy groups -OCH3 is 1. The van der Waals surface area contributed by atoms with Crippen LogP contribution in [0.1, 0.15) is 50.1 Å². The first-order valence-corrected chi connectivity index (χ1v) is 11.1. The van der Waals surface area contributed by atoms with Crippen molar-refractivity contribution in [3.8, 4) is 17.1 Å². The molecule has 3 aromatic rings. The Morgan fingerprint density at radius 1 is 1.26 bits per heavy atom. The zero-order valence-electron chi connectivity index (χ0n) is 17.6. The van der Waals surface area contributed by atoms with E-state index in [-0.39, 0.29) is 11.7 Å². The Labute approximate surface area is 179 Å². The molecule has 2 N–H and O–H groups in total. The van der Waals surface area contributed by atoms with Gasteiger partial charge in [0.05, 0.1) is 19.5 Å². The smallest absolute Gasteiger partial charge is 0.223 e. The molecule has 1 atom stereocenters. The molecule has 1 saturated heterocycles. The van der Waals surface area contributed by atoms with E-state index in [1.165, 1.54) is 25.5 Å². The molecule has 0 radical (unpaired) electrons. The average Bonchev–Trinajstić information content (AvgIpc) is 3.36. The molecular formula is C22H26FN7O. The number of aromatic nitrogens is 5. The van der Waals surface area contributed by atoms with Crippen molar-refractivity contribution in [2.75, 3.05) is 25.5 Å². The van der Waals surface area contributed by atoms with E-state index < -0.39 is 5.82 Å². The quantitative estimate of drug-likeness (QED) is 0.652. The van der Waals surface area contributed by atoms with Crippen molar-refractivity contribution in [1.29, 1.82) is 0 Å². The predicted molar refractivity (Wildman–Crippen MR) is 114 cm³/mol. The third-order valence-corrected chi connectivity index (χ3v) is 7.24. The van der Waals surface area contributed by atoms with E-state index in [2.05, 4.69) is 25.6 Å². The molecule has 8 nitrogen and oxygen atoms in total. The molecule has 1 unspecified atom stereocenters. The van der Waals surface area contributed by atoms with Crippen LogP contribution in [0.25, 0.3) is 17.0 Å². The topological polar surface area (TPSA) is 89.3 Å². The van der Waals surface area contributed by atoms with Crippen LogP contribution in [0.5, 0.6) is 5.75 Å². The molecule has 3 aliphatic rings. The van der Waals surface area contributed by atoms with Gasteiger partial charge < -0.3 is 15.4 Å². The lowest BCUT2D eigenvalue weighted by Gasteiger charge is -2.54. The molecule has 3 aromatic heterocycles. The largest absolute Gasteiger partial charge is 0.495 e. The number of hydrogen-bond acceptors (Lipinski definition) is 7. The molecule has 9 heteroatoms. The van der Waals surface area contributed by atoms with Gasteiger partial charge in [0.25, 0.3) is 0 Å². The highest BCUT2D eigenvalue weighted by atomic mass is 19.1. The van der Waals surface area contributed by atoms with Crippen LogP contribution < -0.4 is 15.4 Å². The van der Waals surface area contributed by atoms with Crippen molar-refractivity contribution in [2.24, 2.45) is 5.41 Å². The molecule has 6 rings (SSSR count). The Morgan fingerprint density at radius 2 is 2.13 bits per heavy atom. The van der Waals surface area contributed by atoms with Crippen LogP contribution in [0.3, 0.4) is 0 Å². The standard InChI is InChI=1S/C22H26FN7O/c1-31-17-7-18-25-12-16(30(18)29-19(17)13-8-22(9-13)4-2-5-22)20-15(23)11-26-21(28-20)27-14-3-6-24-10-14/h7,11-14,24H,2-6,8-10H2,1H3,(H,26,27,28). The van der Waals surface area contributed by atoms with E-state index in [0.29, 0.717) is 28.6 Å². The monoisotopic (exact) mass is 423 g/mol. The van der Waals surface area contributed by atoms with E-state index in [4.69, 9.17) is 9.84 Å². The number of halogens is 1. The number of nitrogens with zero attached hydrogens (tertiary/aromatic N) is 5. The summed E-state index contributed by atoms with van der Waals surface area (Å²) in [7, 11) is 1.67. The highest BCUT2D eigenvalue weighted by Crippen LogP contribution is 2.62. The third kappa shape index (κ3) is 3.13. The minimum absolute atomic E-state index is 0.198. The molecule has 2 saturated carbocycles. The van der Waals surface area contributed by atoms with Crippen molar-refractivity contribution in [3.63, 3.8) is 0 Å². The fourth-order valence-corrected chi connectivity index (χ4v) is 5.36. The zero-order chi connectivity index (χ0) is 21.0. The normalized spacial score (nSPS) is 22.5. The lowest BCUT2D eigenvalue weighted by molar-refractivity contribution is 0.00648. The van der Waals surface area contributed by atoms with Gasteiger partial charge in [-0.05, 0) is 44.1 Å². The summed E-state index contributed by atoms with van der Waals surface area (Å²) >= 11 is 0. The Kier molecular flexibility index (Phi) is 4.34. The molecule has 1 spiro atoms. The van der Waals surface area contributed by atoms with Crippen LogP contribution in [0.4, 0.5) is 10.3 Å². The average molecular weight is 423 g/mol. The molecule has 0 amide bonds. The molecule has 2 aliphatic carbocycles. The molecule has 31 heavy (non-hydrogen) atoms. The Hall–Kier alpha value is -2.81. The lowest BCUT2D eigenvalue weighted by atomic mass is 9.51. The predicted octanol–water partition coefficient (Wildman–Crippen LogP) is 3.16. The summed E-state index contributed by atoms with van der Waals surface area (Å²) in [6, 6.07) is 2.13. The number of anilines is 1. The summed E-state index contributed by atoms with van der Waals surface area (Å²) < 4.78 is 22.1. The number of imidazole rings is 1. The number of rotatable bonds is 5. The van der Waals surface area contributed by atoms with Gasteiger partial charge in [-0.1, -0.05) is 6.42 Å². The van der Waals surface area contributed by atoms with Gasteiger partial charge in [0.1, 0.15) is 22.8 Å². The van der Waals surface area contributed by atoms with Crippen molar-refractivity contribution >= 4 is 11.6 Å². The van der Waals surface area contributed by atoms with Gasteiger partial charge in [-0.15, -0.1) is 0 Å². The van der Waals surface area contributed by atoms with Gasteiger partial charge in [0.15, 0.2) is 11.5 Å². The zero-order valence-corrected chi connectivity index (χ0v) is 17.6. The van der Waals surface area contributed by atoms with E-state index in [9.17, 15) is 4.39 Å². The number of nitrogens with one attached hydrogen (secondary N) is 2. The maximum atomic E-state index is 14.8. The number of hydrogen-bond donors (Lipinski definition) is 2. The number of ether oxygens (including phenoxy) is 1. The van der Waals surface area contributed by atoms with E-state index in [1.807, 2.05) is 6.07 Å². The summed E-state index contributed by atoms with van der Waals surface area (Å²) in [6.45, 7) is 1.80. The first-order valence-electron chi connectivity index (χ1n) is 11.1. The van der Waals surface area contributed by atoms with Crippen molar-refractivity contribution in [2.45, 2.75) is 50.5 Å². The Morgan fingerprint density at radius 3 is 2.84 bits per heavy atom. The van der Waals surface area contributed by atoms with E-state index in [1.54, 1.807) is 17.8 Å². The van der Waals surface area contributed by atoms with Crippen LogP contribution in [0.2, 0.25) is 0 Å². The first-order chi connectivity index (χ1) is 15.1. The maximum Gasteiger partial charge on any atom is 0.223 e. The van der Waals surface area contributed by atoms with Crippen LogP contribution in [0.15, 0.2) is 18.5 Å². The molecule has 162 valence electrons. The minimum atomic E-state index is -0.492. The molecule has 4 heterocycles. The van der Waals surface area contributed by atoms with Gasteiger partial charge in [0, 0.05) is 24.6 Å². The lowest BCUT2D eigenvalue weighted by Crippen LogP contribution is -2.41. The van der Waals surface area contributed by atoms with Crippen LogP contribution >= 0.6 is 0 Å². The summed E-state index contributed by atoms with van der Waals surface area (Å²) in [5, 5.41) is 11.5. The molecular weight excluding hydrogens is 397 g/mol. The fraction of sp³-hybridized carbons (Fsp3) is 0.545. The van der Waals surface area contributed by atoms with E-state index >= 15 is 0 Å². The summed E-state index contributed by atoms with van der Waals surface area (Å²) in [5.74, 6) is 1.05. The van der Waals surface area contributed by atoms with Gasteiger partial charge in [-0.3, -0.25) is 0 Å². The molecule has 0 aromatic carbocycles. The fourth-order valence-electron chi connectivity index (χ4n) is 5.36. The second kappa shape index (κ2) is 7.12. The summed E-state index contributed by atoms with van der Waals surface area (Å²) in [4.78, 5) is 13.0. The van der Waals surface area contributed by atoms with Gasteiger partial charge in [0.2, 0.25) is 5.95 Å². The third-order valence-electron chi connectivity index (χ3n) is 7.24. The number of fused-ring (bicyclic) bond motifs is 1. The second-order valence-electron chi connectivity index (χ2n) is 9.19. The maximum absolute atomic E-state index is 14.8. The Balaban J connectivity index is 1.37. The molecule has 1 aliphatic heterocycles. The van der Waals surface area contributed by atoms with Crippen molar-refractivity contribution < 1.29 is 9.13 Å². The van der Waals surface area contributed by atoms with Crippen molar-refractivity contribution in [1.82, 2.24) is 29.9 Å². The Bertz CT molecular complexity index is 1130. The van der Waals surface area contributed by atoms with Crippen molar-refractivity contribution in [3.05, 3.63) is 30.0 Å². The van der Waals surface area contributed by atoms with Crippen LogP contribution in [0, 0.1) is 11.2 Å². The SMILES string of the molecule is COc1cc2ncc(-c3nc(NC4CCNC4)ncc3F)n2nc1C1CC2(CCC2)C1. The first kappa shape index (κ1) is 18.9. The van der Waals surface area contributed by atoms with Gasteiger partial charge in [-0.25, -0.2) is 23.9 Å². The highest BCUT2D eigenvalue weighted by molar-refractivity contribution is 5.62. The minimum Gasteiger partial charge on any atom is -0.495 e. The van der Waals surface area contributed by atoms with Crippen LogP contribution in [-0.4, -0.2) is 50.8 Å². The highest BCUT2D eigenvalue weighted by Gasteiger charge is 2.49. The molecule has 0 bridgehead atoms. The van der Waals surface area contributed by atoms with Gasteiger partial charge >= 0.3 is 0 Å². The second-order valence-corrected chi connectivity index (χ2v) is 9.19. The van der Waals surface area contributed by atoms with E-state index in [0.717, 1.165) is 43.8 Å². The van der Waals surface area contributed by atoms with Crippen LogP contribution in [-0.2, 0) is 0 Å². The summed E-state index contributed by atoms with van der Waals surface area (Å²) in [5.41, 5.74) is 2.78. The summed E-state index contributed by atoms with van der Waals surface area (Å²) in [6.07, 6.45) is 10.1.